The summed E-state index contributed by atoms with van der Waals surface area (Å²) in [6.07, 6.45) is -3.47. The number of aliphatic imine (C=N–C) groups is 1. The summed E-state index contributed by atoms with van der Waals surface area (Å²) in [6, 6.07) is 10.4. The summed E-state index contributed by atoms with van der Waals surface area (Å²) in [5, 5.41) is 13.2. The summed E-state index contributed by atoms with van der Waals surface area (Å²) in [5.74, 6) is -0.226. The molecule has 1 aliphatic rings. The second-order valence-electron chi connectivity index (χ2n) is 6.15. The Bertz CT molecular complexity index is 1300. The average molecular weight is 419 g/mol. The number of benzene rings is 2. The van der Waals surface area contributed by atoms with Gasteiger partial charge in [0.2, 0.25) is 10.0 Å². The Balaban J connectivity index is 2.17. The Morgan fingerprint density at radius 3 is 2.41 bits per heavy atom. The second kappa shape index (κ2) is 6.71. The summed E-state index contributed by atoms with van der Waals surface area (Å²) in [4.78, 5) is 7.10. The van der Waals surface area contributed by atoms with Crippen LogP contribution in [0.15, 0.2) is 68.8 Å². The summed E-state index contributed by atoms with van der Waals surface area (Å²) < 4.78 is 65.4. The van der Waals surface area contributed by atoms with Gasteiger partial charge in [-0.15, -0.1) is 5.11 Å². The van der Waals surface area contributed by atoms with Gasteiger partial charge in [0.15, 0.2) is 12.5 Å². The maximum absolute atomic E-state index is 13.6. The molecule has 0 saturated carbocycles. The van der Waals surface area contributed by atoms with Crippen molar-refractivity contribution >= 4 is 26.8 Å². The standard InChI is InChI=1S/C18H12F3N5O2S/c19-18(20,21)13-6-5-12(10-7-8-23-14-4-2-1-3-11(10)14)15(16(13)29(22,27)28)17-24-9-25-26-17/h1-8H,9H2,(H2,22,27,28). The van der Waals surface area contributed by atoms with E-state index in [0.29, 0.717) is 22.5 Å². The number of halogens is 3. The van der Waals surface area contributed by atoms with Gasteiger partial charge in [-0.25, -0.2) is 18.5 Å². The lowest BCUT2D eigenvalue weighted by molar-refractivity contribution is -0.139. The molecule has 11 heteroatoms. The molecule has 29 heavy (non-hydrogen) atoms. The fourth-order valence-corrected chi connectivity index (χ4v) is 4.21. The minimum atomic E-state index is -4.95. The lowest BCUT2D eigenvalue weighted by atomic mass is 9.94. The number of pyridine rings is 1. The molecule has 0 amide bonds. The van der Waals surface area contributed by atoms with Gasteiger partial charge >= 0.3 is 6.18 Å². The number of alkyl halides is 3. The Morgan fingerprint density at radius 2 is 1.76 bits per heavy atom. The molecule has 0 atom stereocenters. The minimum absolute atomic E-state index is 0.119. The smallest absolute Gasteiger partial charge is 0.256 e. The monoisotopic (exact) mass is 419 g/mol. The van der Waals surface area contributed by atoms with Crippen LogP contribution in [0, 0.1) is 0 Å². The van der Waals surface area contributed by atoms with E-state index < -0.39 is 26.7 Å². The first-order valence-corrected chi connectivity index (χ1v) is 9.76. The lowest BCUT2D eigenvalue weighted by Crippen LogP contribution is -2.23. The number of hydrogen-bond donors (Lipinski definition) is 1. The molecule has 2 aromatic carbocycles. The van der Waals surface area contributed by atoms with Crippen molar-refractivity contribution in [2.24, 2.45) is 20.4 Å². The Hall–Kier alpha value is -3.18. The Labute approximate surface area is 162 Å². The van der Waals surface area contributed by atoms with E-state index in [1.807, 2.05) is 0 Å². The molecule has 0 saturated heterocycles. The van der Waals surface area contributed by atoms with Crippen LogP contribution in [0.2, 0.25) is 0 Å². The molecule has 3 aromatic rings. The van der Waals surface area contributed by atoms with Gasteiger partial charge in [0.05, 0.1) is 11.1 Å². The molecular weight excluding hydrogens is 407 g/mol. The van der Waals surface area contributed by atoms with Gasteiger partial charge in [0, 0.05) is 17.1 Å². The van der Waals surface area contributed by atoms with E-state index in [0.717, 1.165) is 0 Å². The highest BCUT2D eigenvalue weighted by Crippen LogP contribution is 2.41. The van der Waals surface area contributed by atoms with Crippen LogP contribution in [0.25, 0.3) is 22.0 Å². The predicted molar refractivity (Wildman–Crippen MR) is 99.8 cm³/mol. The zero-order valence-electron chi connectivity index (χ0n) is 14.6. The third-order valence-electron chi connectivity index (χ3n) is 4.36. The molecular formula is C18H12F3N5O2S. The zero-order valence-corrected chi connectivity index (χ0v) is 15.4. The third kappa shape index (κ3) is 3.38. The molecule has 0 aliphatic carbocycles. The van der Waals surface area contributed by atoms with Crippen molar-refractivity contribution in [3.63, 3.8) is 0 Å². The summed E-state index contributed by atoms with van der Waals surface area (Å²) in [6.45, 7) is -0.119. The summed E-state index contributed by atoms with van der Waals surface area (Å²) >= 11 is 0. The average Bonchev–Trinajstić information content (AvgIpc) is 3.19. The lowest BCUT2D eigenvalue weighted by Gasteiger charge is -2.18. The number of hydrogen-bond acceptors (Lipinski definition) is 6. The molecule has 1 aromatic heterocycles. The number of amidine groups is 1. The van der Waals surface area contributed by atoms with Gasteiger partial charge < -0.3 is 0 Å². The highest BCUT2D eigenvalue weighted by molar-refractivity contribution is 7.89. The van der Waals surface area contributed by atoms with E-state index in [2.05, 4.69) is 20.2 Å². The molecule has 0 bridgehead atoms. The van der Waals surface area contributed by atoms with Gasteiger partial charge in [0.25, 0.3) is 0 Å². The van der Waals surface area contributed by atoms with Crippen molar-refractivity contribution in [1.29, 1.82) is 0 Å². The van der Waals surface area contributed by atoms with Crippen molar-refractivity contribution in [1.82, 2.24) is 4.98 Å². The van der Waals surface area contributed by atoms with Gasteiger partial charge in [-0.3, -0.25) is 4.98 Å². The molecule has 0 unspecified atom stereocenters. The van der Waals surface area contributed by atoms with Crippen LogP contribution >= 0.6 is 0 Å². The third-order valence-corrected chi connectivity index (χ3v) is 5.35. The first-order chi connectivity index (χ1) is 13.7. The van der Waals surface area contributed by atoms with Crippen LogP contribution in [-0.4, -0.2) is 25.9 Å². The van der Waals surface area contributed by atoms with Crippen molar-refractivity contribution in [2.45, 2.75) is 11.1 Å². The Morgan fingerprint density at radius 1 is 1.00 bits per heavy atom. The van der Waals surface area contributed by atoms with Crippen LogP contribution in [0.1, 0.15) is 11.1 Å². The Kier molecular flexibility index (Phi) is 4.43. The fourth-order valence-electron chi connectivity index (χ4n) is 3.24. The van der Waals surface area contributed by atoms with Crippen molar-refractivity contribution in [3.05, 3.63) is 59.8 Å². The van der Waals surface area contributed by atoms with Gasteiger partial charge in [0.1, 0.15) is 4.90 Å². The van der Waals surface area contributed by atoms with Crippen LogP contribution in [0.4, 0.5) is 13.2 Å². The van der Waals surface area contributed by atoms with Crippen molar-refractivity contribution < 1.29 is 21.6 Å². The second-order valence-corrected chi connectivity index (χ2v) is 7.65. The van der Waals surface area contributed by atoms with Crippen LogP contribution < -0.4 is 5.14 Å². The van der Waals surface area contributed by atoms with E-state index in [9.17, 15) is 21.6 Å². The van der Waals surface area contributed by atoms with Crippen molar-refractivity contribution in [3.8, 4) is 11.1 Å². The van der Waals surface area contributed by atoms with E-state index in [-0.39, 0.29) is 23.6 Å². The number of rotatable bonds is 3. The zero-order chi connectivity index (χ0) is 20.8. The minimum Gasteiger partial charge on any atom is -0.256 e. The number of primary sulfonamides is 1. The summed E-state index contributed by atoms with van der Waals surface area (Å²) in [7, 11) is -4.79. The maximum atomic E-state index is 13.6. The highest BCUT2D eigenvalue weighted by Gasteiger charge is 2.40. The number of nitrogens with two attached hydrogens (primary N) is 1. The van der Waals surface area contributed by atoms with E-state index in [1.165, 1.54) is 12.3 Å². The molecule has 0 spiro atoms. The summed E-state index contributed by atoms with van der Waals surface area (Å²) in [5.41, 5.74) is -0.487. The number of fused-ring (bicyclic) bond motifs is 1. The highest BCUT2D eigenvalue weighted by atomic mass is 32.2. The topological polar surface area (TPSA) is 110 Å². The predicted octanol–water partition coefficient (Wildman–Crippen LogP) is 3.74. The van der Waals surface area contributed by atoms with Gasteiger partial charge in [-0.2, -0.15) is 18.3 Å². The number of aromatic nitrogens is 1. The van der Waals surface area contributed by atoms with E-state index >= 15 is 0 Å². The quantitative estimate of drug-likeness (QED) is 0.698. The molecule has 0 fully saturated rings. The molecule has 0 radical (unpaired) electrons. The van der Waals surface area contributed by atoms with Gasteiger partial charge in [-0.1, -0.05) is 24.3 Å². The van der Waals surface area contributed by atoms with Gasteiger partial charge in [-0.05, 0) is 29.3 Å². The normalized spacial score (nSPS) is 14.4. The number of sulfonamides is 1. The molecule has 2 N–H and O–H groups in total. The van der Waals surface area contributed by atoms with Crippen LogP contribution in [0.3, 0.4) is 0 Å². The number of nitrogens with zero attached hydrogens (tertiary/aromatic N) is 4. The number of azo groups is 1. The van der Waals surface area contributed by atoms with E-state index in [1.54, 1.807) is 30.3 Å². The van der Waals surface area contributed by atoms with Crippen LogP contribution in [-0.2, 0) is 16.2 Å². The molecule has 148 valence electrons. The largest absolute Gasteiger partial charge is 0.417 e. The SMILES string of the molecule is NS(=O)(=O)c1c(C(F)(F)F)ccc(-c2ccnc3ccccc23)c1C1=NCN=N1. The number of para-hydroxylation sites is 1. The molecule has 2 heterocycles. The molecule has 7 nitrogen and oxygen atoms in total. The van der Waals surface area contributed by atoms with Crippen LogP contribution in [0.5, 0.6) is 0 Å². The first-order valence-electron chi connectivity index (χ1n) is 8.21. The first kappa shape index (κ1) is 19.2. The maximum Gasteiger partial charge on any atom is 0.417 e. The van der Waals surface area contributed by atoms with Crippen molar-refractivity contribution in [2.75, 3.05) is 6.67 Å². The molecule has 1 aliphatic heterocycles. The molecule has 4 rings (SSSR count). The fraction of sp³-hybridized carbons (Fsp3) is 0.111. The van der Waals surface area contributed by atoms with E-state index in [4.69, 9.17) is 5.14 Å².